The summed E-state index contributed by atoms with van der Waals surface area (Å²) in [4.78, 5) is 35.0. The summed E-state index contributed by atoms with van der Waals surface area (Å²) >= 11 is 0. The van der Waals surface area contributed by atoms with Gasteiger partial charge in [0.05, 0.1) is 0 Å². The fourth-order valence-corrected chi connectivity index (χ4v) is 4.00. The van der Waals surface area contributed by atoms with E-state index >= 15 is 0 Å². The van der Waals surface area contributed by atoms with Crippen LogP contribution in [0.5, 0.6) is 0 Å². The van der Waals surface area contributed by atoms with Crippen LogP contribution in [0.2, 0.25) is 0 Å². The molecule has 7 heteroatoms. The highest BCUT2D eigenvalue weighted by atomic mass is 19.1. The lowest BCUT2D eigenvalue weighted by Crippen LogP contribution is -2.45. The Morgan fingerprint density at radius 2 is 2.21 bits per heavy atom. The molecule has 3 aromatic rings. The summed E-state index contributed by atoms with van der Waals surface area (Å²) in [5, 5.41) is 0.202. The van der Waals surface area contributed by atoms with Crippen LogP contribution < -0.4 is 5.43 Å². The van der Waals surface area contributed by atoms with Crippen LogP contribution in [-0.4, -0.2) is 37.9 Å². The minimum absolute atomic E-state index is 0.0730. The summed E-state index contributed by atoms with van der Waals surface area (Å²) in [6.45, 7) is 3.37. The van der Waals surface area contributed by atoms with Gasteiger partial charge in [-0.1, -0.05) is 0 Å². The van der Waals surface area contributed by atoms with E-state index in [0.717, 1.165) is 38.1 Å². The Balaban J connectivity index is 1.60. The Bertz CT molecular complexity index is 1070. The third kappa shape index (κ3) is 3.44. The number of aryl methyl sites for hydroxylation is 2. The van der Waals surface area contributed by atoms with Crippen molar-refractivity contribution in [3.05, 3.63) is 64.2 Å². The zero-order valence-electron chi connectivity index (χ0n) is 15.8. The smallest absolute Gasteiger partial charge is 0.259 e. The summed E-state index contributed by atoms with van der Waals surface area (Å²) < 4.78 is 15.7. The number of rotatable bonds is 4. The molecule has 0 aliphatic carbocycles. The number of carbonyl (C=O) groups is 1. The predicted octanol–water partition coefficient (Wildman–Crippen LogP) is 3.26. The number of imidazole rings is 1. The van der Waals surface area contributed by atoms with Crippen LogP contribution in [0, 0.1) is 12.7 Å². The van der Waals surface area contributed by atoms with Crippen molar-refractivity contribution >= 4 is 16.8 Å². The molecule has 2 aromatic heterocycles. The van der Waals surface area contributed by atoms with Crippen LogP contribution in [0.15, 0.2) is 41.6 Å². The lowest BCUT2D eigenvalue weighted by Gasteiger charge is -2.36. The second-order valence-corrected chi connectivity index (χ2v) is 7.33. The molecule has 1 unspecified atom stereocenters. The molecular formula is C21H23FN4O2. The molecule has 0 saturated carbocycles. The number of hydrogen-bond donors (Lipinski definition) is 1. The van der Waals surface area contributed by atoms with Crippen molar-refractivity contribution in [2.75, 3.05) is 6.54 Å². The average molecular weight is 382 g/mol. The quantitative estimate of drug-likeness (QED) is 0.753. The number of carbonyl (C=O) groups excluding carboxylic acids is 1. The van der Waals surface area contributed by atoms with Gasteiger partial charge in [0.1, 0.15) is 17.2 Å². The van der Waals surface area contributed by atoms with E-state index in [4.69, 9.17) is 0 Å². The number of fused-ring (bicyclic) bond motifs is 1. The average Bonchev–Trinajstić information content (AvgIpc) is 3.12. The molecular weight excluding hydrogens is 359 g/mol. The SMILES string of the molecule is Cc1nccn1CCC1CCCCN1C(=O)c1c[nH]c2ccc(F)cc2c1=O. The Morgan fingerprint density at radius 1 is 1.36 bits per heavy atom. The second-order valence-electron chi connectivity index (χ2n) is 7.33. The van der Waals surface area contributed by atoms with E-state index in [1.54, 1.807) is 6.20 Å². The van der Waals surface area contributed by atoms with Gasteiger partial charge in [0.15, 0.2) is 0 Å². The van der Waals surface area contributed by atoms with E-state index in [9.17, 15) is 14.0 Å². The third-order valence-corrected chi connectivity index (χ3v) is 5.59. The van der Waals surface area contributed by atoms with E-state index in [-0.39, 0.29) is 22.9 Å². The van der Waals surface area contributed by atoms with Crippen molar-refractivity contribution in [2.24, 2.45) is 0 Å². The van der Waals surface area contributed by atoms with Gasteiger partial charge in [0.25, 0.3) is 5.91 Å². The summed E-state index contributed by atoms with van der Waals surface area (Å²) in [6.07, 6.45) is 8.88. The van der Waals surface area contributed by atoms with Gasteiger partial charge < -0.3 is 14.5 Å². The first-order valence-corrected chi connectivity index (χ1v) is 9.64. The summed E-state index contributed by atoms with van der Waals surface area (Å²) in [7, 11) is 0. The van der Waals surface area contributed by atoms with E-state index in [1.807, 2.05) is 18.0 Å². The molecule has 1 atom stereocenters. The number of aromatic amines is 1. The van der Waals surface area contributed by atoms with Crippen LogP contribution in [0.1, 0.15) is 41.9 Å². The van der Waals surface area contributed by atoms with Gasteiger partial charge in [-0.2, -0.15) is 0 Å². The van der Waals surface area contributed by atoms with Gasteiger partial charge >= 0.3 is 0 Å². The second kappa shape index (κ2) is 7.58. The molecule has 1 aromatic carbocycles. The number of benzene rings is 1. The van der Waals surface area contributed by atoms with Crippen LogP contribution in [0.4, 0.5) is 4.39 Å². The minimum atomic E-state index is -0.492. The fourth-order valence-electron chi connectivity index (χ4n) is 4.00. The van der Waals surface area contributed by atoms with Crippen molar-refractivity contribution in [3.8, 4) is 0 Å². The number of halogens is 1. The van der Waals surface area contributed by atoms with E-state index in [1.165, 1.54) is 24.4 Å². The van der Waals surface area contributed by atoms with Crippen molar-refractivity contribution < 1.29 is 9.18 Å². The van der Waals surface area contributed by atoms with E-state index in [0.29, 0.717) is 12.1 Å². The lowest BCUT2D eigenvalue weighted by atomic mass is 9.98. The molecule has 0 spiro atoms. The van der Waals surface area contributed by atoms with Gasteiger partial charge in [-0.15, -0.1) is 0 Å². The molecule has 0 bridgehead atoms. The Hall–Kier alpha value is -2.96. The van der Waals surface area contributed by atoms with Crippen molar-refractivity contribution in [3.63, 3.8) is 0 Å². The number of nitrogens with zero attached hydrogens (tertiary/aromatic N) is 3. The molecule has 1 saturated heterocycles. The predicted molar refractivity (Wildman–Crippen MR) is 105 cm³/mol. The first-order valence-electron chi connectivity index (χ1n) is 9.64. The number of nitrogens with one attached hydrogen (secondary N) is 1. The van der Waals surface area contributed by atoms with Crippen molar-refractivity contribution in [1.82, 2.24) is 19.4 Å². The van der Waals surface area contributed by atoms with E-state index < -0.39 is 11.2 Å². The zero-order valence-corrected chi connectivity index (χ0v) is 15.8. The van der Waals surface area contributed by atoms with Gasteiger partial charge in [-0.05, 0) is 50.8 Å². The highest BCUT2D eigenvalue weighted by Gasteiger charge is 2.29. The Morgan fingerprint density at radius 3 is 3.00 bits per heavy atom. The maximum absolute atomic E-state index is 13.6. The molecule has 28 heavy (non-hydrogen) atoms. The number of likely N-dealkylation sites (tertiary alicyclic amines) is 1. The topological polar surface area (TPSA) is 71.0 Å². The standard InChI is InChI=1S/C21H23FN4O2/c1-14-23-8-11-25(14)10-7-16-4-2-3-9-26(16)21(28)18-13-24-19-6-5-15(22)12-17(19)20(18)27/h5-6,8,11-13,16H,2-4,7,9-10H2,1H3,(H,24,27). The highest BCUT2D eigenvalue weighted by Crippen LogP contribution is 2.22. The molecule has 1 fully saturated rings. The largest absolute Gasteiger partial charge is 0.360 e. The lowest BCUT2D eigenvalue weighted by molar-refractivity contribution is 0.0594. The minimum Gasteiger partial charge on any atom is -0.360 e. The molecule has 6 nitrogen and oxygen atoms in total. The monoisotopic (exact) mass is 382 g/mol. The number of H-pyrrole nitrogens is 1. The van der Waals surface area contributed by atoms with Gasteiger partial charge in [0.2, 0.25) is 5.43 Å². The molecule has 1 aliphatic rings. The van der Waals surface area contributed by atoms with Gasteiger partial charge in [-0.3, -0.25) is 9.59 Å². The number of pyridine rings is 1. The Kier molecular flexibility index (Phi) is 4.98. The molecule has 3 heterocycles. The summed E-state index contributed by atoms with van der Waals surface area (Å²) in [5.74, 6) is 0.176. The molecule has 1 amide bonds. The molecule has 146 valence electrons. The van der Waals surface area contributed by atoms with Crippen LogP contribution in [0.3, 0.4) is 0 Å². The number of aromatic nitrogens is 3. The highest BCUT2D eigenvalue weighted by molar-refractivity contribution is 5.97. The molecule has 0 radical (unpaired) electrons. The first-order chi connectivity index (χ1) is 13.5. The maximum Gasteiger partial charge on any atom is 0.259 e. The normalized spacial score (nSPS) is 17.2. The van der Waals surface area contributed by atoms with Crippen molar-refractivity contribution in [1.29, 1.82) is 0 Å². The summed E-state index contributed by atoms with van der Waals surface area (Å²) in [6, 6.07) is 4.06. The number of hydrogen-bond acceptors (Lipinski definition) is 3. The van der Waals surface area contributed by atoms with Crippen LogP contribution in [0.25, 0.3) is 10.9 Å². The van der Waals surface area contributed by atoms with Gasteiger partial charge in [-0.25, -0.2) is 9.37 Å². The van der Waals surface area contributed by atoms with Crippen LogP contribution in [-0.2, 0) is 6.54 Å². The van der Waals surface area contributed by atoms with Crippen molar-refractivity contribution in [2.45, 2.75) is 45.2 Å². The third-order valence-electron chi connectivity index (χ3n) is 5.59. The number of piperidine rings is 1. The Labute approximate surface area is 162 Å². The summed E-state index contributed by atoms with van der Waals surface area (Å²) in [5.41, 5.74) is 0.172. The van der Waals surface area contributed by atoms with Crippen LogP contribution >= 0.6 is 0 Å². The fraction of sp³-hybridized carbons (Fsp3) is 0.381. The van der Waals surface area contributed by atoms with Gasteiger partial charge in [0, 0.05) is 48.6 Å². The first kappa shape index (κ1) is 18.4. The maximum atomic E-state index is 13.6. The molecule has 1 aliphatic heterocycles. The molecule has 1 N–H and O–H groups in total. The zero-order chi connectivity index (χ0) is 19.7. The van der Waals surface area contributed by atoms with E-state index in [2.05, 4.69) is 14.5 Å². The molecule has 4 rings (SSSR count). The number of amides is 1.